The Hall–Kier alpha value is -6.35. The molecule has 0 radical (unpaired) electrons. The van der Waals surface area contributed by atoms with Gasteiger partial charge < -0.3 is 5.73 Å². The zero-order chi connectivity index (χ0) is 39.2. The molecule has 56 heavy (non-hydrogen) atoms. The maximum absolute atomic E-state index is 6.36. The zero-order valence-corrected chi connectivity index (χ0v) is 32.9. The summed E-state index contributed by atoms with van der Waals surface area (Å²) in [6.45, 7) is 9.96. The van der Waals surface area contributed by atoms with Gasteiger partial charge in [0.15, 0.2) is 0 Å². The van der Waals surface area contributed by atoms with Crippen molar-refractivity contribution >= 4 is 17.5 Å². The van der Waals surface area contributed by atoms with Gasteiger partial charge in [0.1, 0.15) is 0 Å². The van der Waals surface area contributed by atoms with E-state index in [9.17, 15) is 0 Å². The molecule has 7 aromatic rings. The molecule has 8 rings (SSSR count). The van der Waals surface area contributed by atoms with Gasteiger partial charge in [-0.3, -0.25) is 4.99 Å². The summed E-state index contributed by atoms with van der Waals surface area (Å²) in [7, 11) is 0. The van der Waals surface area contributed by atoms with Gasteiger partial charge in [0.2, 0.25) is 0 Å². The summed E-state index contributed by atoms with van der Waals surface area (Å²) in [5.41, 5.74) is 19.4. The number of hydrogen-bond donors (Lipinski definition) is 1. The van der Waals surface area contributed by atoms with E-state index < -0.39 is 5.54 Å². The molecule has 0 aromatic heterocycles. The monoisotopic (exact) mass is 728 g/mol. The predicted octanol–water partition coefficient (Wildman–Crippen LogP) is 13.8. The van der Waals surface area contributed by atoms with Crippen LogP contribution in [-0.4, -0.2) is 6.72 Å². The van der Waals surface area contributed by atoms with Crippen molar-refractivity contribution in [3.63, 3.8) is 0 Å². The second-order valence-electron chi connectivity index (χ2n) is 14.5. The molecule has 278 valence electrons. The first-order valence-electron chi connectivity index (χ1n) is 19.5. The molecule has 0 saturated heterocycles. The van der Waals surface area contributed by atoms with Crippen molar-refractivity contribution in [1.29, 1.82) is 0 Å². The number of fused-ring (bicyclic) bond motifs is 1. The molecule has 2 nitrogen and oxygen atoms in total. The van der Waals surface area contributed by atoms with Crippen LogP contribution < -0.4 is 5.73 Å². The van der Waals surface area contributed by atoms with E-state index >= 15 is 0 Å². The Balaban J connectivity index is 0.000000148. The van der Waals surface area contributed by atoms with E-state index in [1.807, 2.05) is 49.4 Å². The van der Waals surface area contributed by atoms with Gasteiger partial charge in [0.05, 0.1) is 11.2 Å². The van der Waals surface area contributed by atoms with Gasteiger partial charge in [-0.2, -0.15) is 0 Å². The van der Waals surface area contributed by atoms with Crippen molar-refractivity contribution in [2.75, 3.05) is 0 Å². The van der Waals surface area contributed by atoms with E-state index in [0.717, 1.165) is 36.1 Å². The average molecular weight is 729 g/mol. The summed E-state index contributed by atoms with van der Waals surface area (Å²) in [6.07, 6.45) is 11.8. The Morgan fingerprint density at radius 2 is 1.16 bits per heavy atom. The molecule has 0 saturated carbocycles. The highest BCUT2D eigenvalue weighted by atomic mass is 14.7. The fourth-order valence-corrected chi connectivity index (χ4v) is 6.92. The number of hydrogen-bond acceptors (Lipinski definition) is 2. The lowest BCUT2D eigenvalue weighted by molar-refractivity contribution is 0.603. The third-order valence-electron chi connectivity index (χ3n) is 10.2. The Morgan fingerprint density at radius 1 is 0.625 bits per heavy atom. The van der Waals surface area contributed by atoms with E-state index in [1.165, 1.54) is 55.3 Å². The quantitative estimate of drug-likeness (QED) is 0.155. The zero-order valence-electron chi connectivity index (χ0n) is 32.9. The summed E-state index contributed by atoms with van der Waals surface area (Å²) < 4.78 is 0. The van der Waals surface area contributed by atoms with Gasteiger partial charge in [-0.15, -0.1) is 0 Å². The molecule has 2 heteroatoms. The summed E-state index contributed by atoms with van der Waals surface area (Å²) in [6, 6.07) is 61.5. The van der Waals surface area contributed by atoms with Crippen molar-refractivity contribution < 1.29 is 0 Å². The minimum atomic E-state index is -0.414. The molecule has 2 N–H and O–H groups in total. The van der Waals surface area contributed by atoms with Crippen molar-refractivity contribution in [3.05, 3.63) is 239 Å². The molecule has 7 aromatic carbocycles. The number of nitrogens with two attached hydrogens (primary N) is 1. The van der Waals surface area contributed by atoms with Crippen LogP contribution in [0.3, 0.4) is 0 Å². The lowest BCUT2D eigenvalue weighted by Gasteiger charge is -2.25. The van der Waals surface area contributed by atoms with E-state index in [-0.39, 0.29) is 0 Å². The number of nitrogens with zero attached hydrogens (tertiary/aromatic N) is 1. The van der Waals surface area contributed by atoms with Crippen LogP contribution in [0.5, 0.6) is 0 Å². The number of benzene rings is 7. The molecule has 1 aliphatic rings. The maximum Gasteiger partial charge on any atom is 0.0654 e. The Bertz CT molecular complexity index is 2360. The van der Waals surface area contributed by atoms with Crippen LogP contribution in [0.2, 0.25) is 0 Å². The normalized spacial score (nSPS) is 12.4. The van der Waals surface area contributed by atoms with Crippen LogP contribution in [0.15, 0.2) is 216 Å². The van der Waals surface area contributed by atoms with Crippen LogP contribution in [0, 0.1) is 13.8 Å². The molecule has 0 heterocycles. The number of aryl methyl sites for hydroxylation is 2. The second-order valence-corrected chi connectivity index (χ2v) is 14.5. The van der Waals surface area contributed by atoms with Crippen molar-refractivity contribution in [2.24, 2.45) is 10.7 Å². The SMILES string of the molecule is C=N/C(=C\Cc1ccccc1)C1=CCCC=C1.CC(N)(c1ccccc1)c1ccccc1.Cc1ccc(-c2ccc3ccccc3c2-c2ccc(C)cc2)cc1. The standard InChI is InChI=1S/C24H20.C16H17N.C14H15N/c1-17-7-11-20(12-8-17)23-16-15-19-5-3-4-6-22(19)24(23)21-13-9-18(2)10-14-21;1-17-16(15-10-6-3-7-11-15)13-12-14-8-4-2-5-9-14;1-14(15,12-8-4-2-5-9-12)13-10-6-3-7-11-13/h3-16H,1-2H3;2,4-6,8-11,13H,1,3,7,12H2;2-11H,15H2,1H3/b;16-13-;. The fraction of sp³-hybridized carbons (Fsp3) is 0.130. The number of rotatable bonds is 8. The first-order chi connectivity index (χ1) is 27.3. The second kappa shape index (κ2) is 19.3. The summed E-state index contributed by atoms with van der Waals surface area (Å²) in [4.78, 5) is 4.12. The number of allylic oxidation sites excluding steroid dienone is 4. The third-order valence-corrected chi connectivity index (χ3v) is 10.2. The Morgan fingerprint density at radius 3 is 1.71 bits per heavy atom. The van der Waals surface area contributed by atoms with Crippen LogP contribution in [0.1, 0.15) is 47.6 Å². The molecule has 1 aliphatic carbocycles. The highest BCUT2D eigenvalue weighted by Crippen LogP contribution is 2.38. The molecule has 0 spiro atoms. The minimum absolute atomic E-state index is 0.414. The molecule has 0 fully saturated rings. The van der Waals surface area contributed by atoms with Gasteiger partial charge in [-0.1, -0.05) is 211 Å². The highest BCUT2D eigenvalue weighted by molar-refractivity contribution is 6.04. The molecule has 0 atom stereocenters. The third kappa shape index (κ3) is 10.2. The average Bonchev–Trinajstić information content (AvgIpc) is 3.26. The molecular weight excluding hydrogens is 677 g/mol. The molecule has 0 bridgehead atoms. The smallest absolute Gasteiger partial charge is 0.0654 e. The van der Waals surface area contributed by atoms with Gasteiger partial charge in [0.25, 0.3) is 0 Å². The first kappa shape index (κ1) is 39.3. The van der Waals surface area contributed by atoms with Crippen molar-refractivity contribution in [3.8, 4) is 22.3 Å². The predicted molar refractivity (Wildman–Crippen MR) is 242 cm³/mol. The topological polar surface area (TPSA) is 38.4 Å². The first-order valence-corrected chi connectivity index (χ1v) is 19.5. The van der Waals surface area contributed by atoms with Crippen molar-refractivity contribution in [2.45, 2.75) is 45.6 Å². The molecular formula is C54H52N2. The number of aliphatic imine (C=N–C) groups is 1. The van der Waals surface area contributed by atoms with Gasteiger partial charge in [-0.25, -0.2) is 0 Å². The van der Waals surface area contributed by atoms with Crippen molar-refractivity contribution in [1.82, 2.24) is 0 Å². The maximum atomic E-state index is 6.36. The van der Waals surface area contributed by atoms with E-state index in [1.54, 1.807) is 0 Å². The van der Waals surface area contributed by atoms with Crippen LogP contribution in [-0.2, 0) is 12.0 Å². The minimum Gasteiger partial charge on any atom is -0.318 e. The lowest BCUT2D eigenvalue weighted by atomic mass is 9.86. The summed E-state index contributed by atoms with van der Waals surface area (Å²) in [5.74, 6) is 0. The van der Waals surface area contributed by atoms with Crippen LogP contribution in [0.25, 0.3) is 33.0 Å². The summed E-state index contributed by atoms with van der Waals surface area (Å²) >= 11 is 0. The molecule has 0 aliphatic heterocycles. The van der Waals surface area contributed by atoms with Gasteiger partial charge >= 0.3 is 0 Å². The lowest BCUT2D eigenvalue weighted by Crippen LogP contribution is -2.34. The van der Waals surface area contributed by atoms with Crippen LogP contribution in [0.4, 0.5) is 0 Å². The largest absolute Gasteiger partial charge is 0.318 e. The molecule has 0 unspecified atom stereocenters. The Kier molecular flexibility index (Phi) is 13.6. The van der Waals surface area contributed by atoms with Crippen LogP contribution >= 0.6 is 0 Å². The summed E-state index contributed by atoms with van der Waals surface area (Å²) in [5, 5.41) is 2.59. The fourth-order valence-electron chi connectivity index (χ4n) is 6.92. The van der Waals surface area contributed by atoms with E-state index in [0.29, 0.717) is 0 Å². The molecule has 0 amide bonds. The van der Waals surface area contributed by atoms with E-state index in [4.69, 9.17) is 5.73 Å². The van der Waals surface area contributed by atoms with E-state index in [2.05, 4.69) is 183 Å². The Labute approximate surface area is 334 Å². The van der Waals surface area contributed by atoms with Gasteiger partial charge in [-0.05, 0) is 102 Å². The highest BCUT2D eigenvalue weighted by Gasteiger charge is 2.22. The van der Waals surface area contributed by atoms with Gasteiger partial charge in [0, 0.05) is 0 Å².